The van der Waals surface area contributed by atoms with Crippen molar-refractivity contribution >= 4 is 11.8 Å². The Morgan fingerprint density at radius 1 is 1.40 bits per heavy atom. The zero-order chi connectivity index (χ0) is 7.40. The normalized spacial score (nSPS) is 33.7. The Balaban J connectivity index is 2.32. The summed E-state index contributed by atoms with van der Waals surface area (Å²) in [6.07, 6.45) is 4.50. The Hall–Kier alpha value is 0.0500. The van der Waals surface area contributed by atoms with E-state index in [1.165, 1.54) is 12.8 Å². The minimum absolute atomic E-state index is 0.0863. The Kier molecular flexibility index (Phi) is 3.29. The molecular formula is C8H14OS. The van der Waals surface area contributed by atoms with E-state index in [0.717, 1.165) is 12.8 Å². The number of aliphatic hydroxyl groups excluding tert-OH is 1. The van der Waals surface area contributed by atoms with Crippen LogP contribution in [0.5, 0.6) is 0 Å². The maximum atomic E-state index is 9.43. The number of hydrogen-bond donors (Lipinski definition) is 1. The van der Waals surface area contributed by atoms with Gasteiger partial charge in [0.1, 0.15) is 0 Å². The molecule has 1 fully saturated rings. The van der Waals surface area contributed by atoms with Crippen molar-refractivity contribution < 1.29 is 5.11 Å². The number of thioether (sulfide) groups is 1. The lowest BCUT2D eigenvalue weighted by Crippen LogP contribution is -2.26. The molecule has 1 nitrogen and oxygen atoms in total. The van der Waals surface area contributed by atoms with Gasteiger partial charge in [-0.25, -0.2) is 0 Å². The summed E-state index contributed by atoms with van der Waals surface area (Å²) < 4.78 is 0. The molecule has 1 N–H and O–H groups in total. The van der Waals surface area contributed by atoms with Crippen molar-refractivity contribution in [3.63, 3.8) is 0 Å². The molecule has 0 bridgehead atoms. The van der Waals surface area contributed by atoms with Gasteiger partial charge < -0.3 is 5.11 Å². The molecular weight excluding hydrogens is 144 g/mol. The molecule has 1 aliphatic carbocycles. The van der Waals surface area contributed by atoms with Crippen molar-refractivity contribution in [2.45, 2.75) is 37.0 Å². The van der Waals surface area contributed by atoms with Crippen LogP contribution in [0.25, 0.3) is 0 Å². The molecule has 2 unspecified atom stereocenters. The van der Waals surface area contributed by atoms with Crippen LogP contribution in [0.4, 0.5) is 0 Å². The van der Waals surface area contributed by atoms with Gasteiger partial charge in [0.15, 0.2) is 0 Å². The zero-order valence-corrected chi connectivity index (χ0v) is 6.94. The van der Waals surface area contributed by atoms with E-state index in [-0.39, 0.29) is 6.10 Å². The highest BCUT2D eigenvalue weighted by atomic mass is 32.2. The smallest absolute Gasteiger partial charge is 0.0662 e. The molecule has 1 rings (SSSR count). The molecule has 10 heavy (non-hydrogen) atoms. The summed E-state index contributed by atoms with van der Waals surface area (Å²) in [6, 6.07) is 0. The van der Waals surface area contributed by atoms with Crippen LogP contribution in [0.15, 0.2) is 12.0 Å². The molecule has 2 heteroatoms. The second-order valence-electron chi connectivity index (χ2n) is 2.69. The minimum Gasteiger partial charge on any atom is -0.392 e. The quantitative estimate of drug-likeness (QED) is 0.664. The molecule has 0 spiro atoms. The molecule has 0 heterocycles. The van der Waals surface area contributed by atoms with E-state index >= 15 is 0 Å². The van der Waals surface area contributed by atoms with E-state index in [4.69, 9.17) is 0 Å². The molecule has 0 radical (unpaired) electrons. The summed E-state index contributed by atoms with van der Waals surface area (Å²) in [5.74, 6) is 0. The molecule has 0 amide bonds. The SMILES string of the molecule is C=CSC1CCCCC1O. The van der Waals surface area contributed by atoms with Crippen LogP contribution in [0, 0.1) is 0 Å². The monoisotopic (exact) mass is 158 g/mol. The van der Waals surface area contributed by atoms with Crippen molar-refractivity contribution in [2.75, 3.05) is 0 Å². The van der Waals surface area contributed by atoms with E-state index in [1.807, 2.05) is 5.41 Å². The third kappa shape index (κ3) is 2.03. The lowest BCUT2D eigenvalue weighted by atomic mass is 9.97. The third-order valence-electron chi connectivity index (χ3n) is 1.94. The third-order valence-corrected chi connectivity index (χ3v) is 3.03. The van der Waals surface area contributed by atoms with Gasteiger partial charge in [-0.3, -0.25) is 0 Å². The predicted molar refractivity (Wildman–Crippen MR) is 46.1 cm³/mol. The van der Waals surface area contributed by atoms with E-state index in [0.29, 0.717) is 5.25 Å². The van der Waals surface area contributed by atoms with Gasteiger partial charge in [0, 0.05) is 5.25 Å². The molecule has 0 aromatic rings. The Morgan fingerprint density at radius 2 is 2.10 bits per heavy atom. The van der Waals surface area contributed by atoms with Gasteiger partial charge in [0.05, 0.1) is 6.10 Å². The first kappa shape index (κ1) is 8.15. The Bertz CT molecular complexity index is 114. The van der Waals surface area contributed by atoms with Crippen molar-refractivity contribution in [1.29, 1.82) is 0 Å². The number of rotatable bonds is 2. The van der Waals surface area contributed by atoms with Crippen LogP contribution in [0.1, 0.15) is 25.7 Å². The van der Waals surface area contributed by atoms with Gasteiger partial charge in [-0.2, -0.15) is 0 Å². The zero-order valence-electron chi connectivity index (χ0n) is 6.12. The predicted octanol–water partition coefficient (Wildman–Crippen LogP) is 2.17. The maximum Gasteiger partial charge on any atom is 0.0662 e. The van der Waals surface area contributed by atoms with Crippen molar-refractivity contribution in [3.05, 3.63) is 12.0 Å². The summed E-state index contributed by atoms with van der Waals surface area (Å²) in [5, 5.41) is 11.7. The summed E-state index contributed by atoms with van der Waals surface area (Å²) in [7, 11) is 0. The van der Waals surface area contributed by atoms with E-state index < -0.39 is 0 Å². The van der Waals surface area contributed by atoms with E-state index in [9.17, 15) is 5.11 Å². The van der Waals surface area contributed by atoms with Crippen LogP contribution in [0.3, 0.4) is 0 Å². The van der Waals surface area contributed by atoms with Gasteiger partial charge in [0.2, 0.25) is 0 Å². The largest absolute Gasteiger partial charge is 0.392 e. The van der Waals surface area contributed by atoms with Gasteiger partial charge >= 0.3 is 0 Å². The first-order valence-corrected chi connectivity index (χ1v) is 4.73. The summed E-state index contributed by atoms with van der Waals surface area (Å²) in [5.41, 5.74) is 0. The van der Waals surface area contributed by atoms with Gasteiger partial charge in [0.25, 0.3) is 0 Å². The average molecular weight is 158 g/mol. The standard InChI is InChI=1S/C8H14OS/c1-2-10-8-6-4-3-5-7(8)9/h2,7-9H,1,3-6H2. The molecule has 0 aliphatic heterocycles. The van der Waals surface area contributed by atoms with Crippen LogP contribution >= 0.6 is 11.8 Å². The van der Waals surface area contributed by atoms with Crippen molar-refractivity contribution in [3.8, 4) is 0 Å². The Morgan fingerprint density at radius 3 is 2.70 bits per heavy atom. The molecule has 0 saturated heterocycles. The van der Waals surface area contributed by atoms with Crippen LogP contribution in [0.2, 0.25) is 0 Å². The number of aliphatic hydroxyl groups is 1. The summed E-state index contributed by atoms with van der Waals surface area (Å²) in [6.45, 7) is 3.64. The van der Waals surface area contributed by atoms with Gasteiger partial charge in [-0.1, -0.05) is 19.4 Å². The second kappa shape index (κ2) is 4.04. The molecule has 58 valence electrons. The lowest BCUT2D eigenvalue weighted by Gasteiger charge is -2.25. The van der Waals surface area contributed by atoms with Crippen LogP contribution < -0.4 is 0 Å². The van der Waals surface area contributed by atoms with Crippen molar-refractivity contribution in [1.82, 2.24) is 0 Å². The van der Waals surface area contributed by atoms with Crippen molar-refractivity contribution in [2.24, 2.45) is 0 Å². The van der Waals surface area contributed by atoms with Crippen LogP contribution in [-0.2, 0) is 0 Å². The van der Waals surface area contributed by atoms with Gasteiger partial charge in [-0.15, -0.1) is 11.8 Å². The molecule has 2 atom stereocenters. The van der Waals surface area contributed by atoms with E-state index in [2.05, 4.69) is 6.58 Å². The highest BCUT2D eigenvalue weighted by Gasteiger charge is 2.21. The topological polar surface area (TPSA) is 20.2 Å². The fourth-order valence-corrected chi connectivity index (χ4v) is 2.23. The molecule has 0 aromatic carbocycles. The maximum absolute atomic E-state index is 9.43. The van der Waals surface area contributed by atoms with Crippen LogP contribution in [-0.4, -0.2) is 16.5 Å². The summed E-state index contributed by atoms with van der Waals surface area (Å²) in [4.78, 5) is 0. The first-order chi connectivity index (χ1) is 4.84. The lowest BCUT2D eigenvalue weighted by molar-refractivity contribution is 0.137. The molecule has 0 aromatic heterocycles. The Labute approximate surface area is 66.5 Å². The fraction of sp³-hybridized carbons (Fsp3) is 0.750. The van der Waals surface area contributed by atoms with Gasteiger partial charge in [-0.05, 0) is 18.2 Å². The second-order valence-corrected chi connectivity index (χ2v) is 3.90. The first-order valence-electron chi connectivity index (χ1n) is 3.79. The molecule has 1 aliphatic rings. The molecule has 1 saturated carbocycles. The highest BCUT2D eigenvalue weighted by Crippen LogP contribution is 2.28. The minimum atomic E-state index is -0.0863. The number of hydrogen-bond acceptors (Lipinski definition) is 2. The average Bonchev–Trinajstić information content (AvgIpc) is 1.94. The fourth-order valence-electron chi connectivity index (χ4n) is 1.36. The highest BCUT2D eigenvalue weighted by molar-refractivity contribution is 8.02. The summed E-state index contributed by atoms with van der Waals surface area (Å²) >= 11 is 1.67. The van der Waals surface area contributed by atoms with E-state index in [1.54, 1.807) is 11.8 Å².